The first kappa shape index (κ1) is 14.5. The minimum atomic E-state index is -5.28. The van der Waals surface area contributed by atoms with Crippen LogP contribution < -0.4 is 5.84 Å². The lowest BCUT2D eigenvalue weighted by Gasteiger charge is -2.31. The molecule has 4 amide bonds. The molecule has 2 atom stereocenters. The van der Waals surface area contributed by atoms with Crippen molar-refractivity contribution >= 4 is 17.8 Å². The van der Waals surface area contributed by atoms with E-state index in [0.29, 0.717) is 5.06 Å². The largest absolute Gasteiger partial charge is 0.473 e. The SMILES string of the molecule is NN(C(=O)[C@H]1CC[C@@H]2CN1C(=O)N2O)C(=O)C(F)(F)F. The second-order valence-electron chi connectivity index (χ2n) is 4.54. The number of piperidine rings is 1. The van der Waals surface area contributed by atoms with Crippen LogP contribution in [0.1, 0.15) is 12.8 Å². The van der Waals surface area contributed by atoms with Crippen LogP contribution in [0, 0.1) is 0 Å². The Kier molecular flexibility index (Phi) is 3.34. The number of imide groups is 1. The van der Waals surface area contributed by atoms with Crippen LogP contribution in [0.4, 0.5) is 18.0 Å². The van der Waals surface area contributed by atoms with Crippen LogP contribution in [-0.2, 0) is 9.59 Å². The normalized spacial score (nSPS) is 25.9. The first-order valence-corrected chi connectivity index (χ1v) is 5.63. The molecular formula is C9H11F3N4O4. The molecule has 2 bridgehead atoms. The smallest absolute Gasteiger partial charge is 0.309 e. The van der Waals surface area contributed by atoms with Crippen molar-refractivity contribution in [3.63, 3.8) is 0 Å². The Morgan fingerprint density at radius 3 is 2.50 bits per heavy atom. The fourth-order valence-electron chi connectivity index (χ4n) is 2.30. The topological polar surface area (TPSA) is 107 Å². The fraction of sp³-hybridized carbons (Fsp3) is 0.667. The summed E-state index contributed by atoms with van der Waals surface area (Å²) in [5.74, 6) is 1.06. The van der Waals surface area contributed by atoms with Gasteiger partial charge in [-0.15, -0.1) is 0 Å². The molecule has 2 aliphatic rings. The molecule has 0 aromatic heterocycles. The van der Waals surface area contributed by atoms with Crippen molar-refractivity contribution in [3.8, 4) is 0 Å². The molecule has 2 rings (SSSR count). The predicted octanol–water partition coefficient (Wildman–Crippen LogP) is -0.565. The number of amides is 4. The van der Waals surface area contributed by atoms with Crippen molar-refractivity contribution in [2.45, 2.75) is 31.1 Å². The molecule has 0 aliphatic carbocycles. The van der Waals surface area contributed by atoms with E-state index in [-0.39, 0.29) is 19.4 Å². The van der Waals surface area contributed by atoms with E-state index < -0.39 is 41.1 Å². The lowest BCUT2D eigenvalue weighted by atomic mass is 10.00. The third-order valence-corrected chi connectivity index (χ3v) is 3.33. The van der Waals surface area contributed by atoms with Gasteiger partial charge < -0.3 is 4.90 Å². The van der Waals surface area contributed by atoms with Gasteiger partial charge in [0.1, 0.15) is 6.04 Å². The zero-order valence-corrected chi connectivity index (χ0v) is 10.0. The Bertz CT molecular complexity index is 469. The number of hydrogen-bond acceptors (Lipinski definition) is 5. The quantitative estimate of drug-likeness (QED) is 0.292. The summed E-state index contributed by atoms with van der Waals surface area (Å²) in [6.07, 6.45) is -5.03. The Morgan fingerprint density at radius 2 is 1.95 bits per heavy atom. The van der Waals surface area contributed by atoms with Gasteiger partial charge in [0.05, 0.1) is 6.04 Å². The van der Waals surface area contributed by atoms with Crippen LogP contribution in [0.2, 0.25) is 0 Å². The van der Waals surface area contributed by atoms with Gasteiger partial charge in [-0.2, -0.15) is 13.2 Å². The summed E-state index contributed by atoms with van der Waals surface area (Å²) >= 11 is 0. The molecule has 0 aromatic rings. The number of carbonyl (C=O) groups excluding carboxylic acids is 3. The van der Waals surface area contributed by atoms with E-state index in [1.54, 1.807) is 0 Å². The van der Waals surface area contributed by atoms with E-state index in [2.05, 4.69) is 0 Å². The molecule has 2 saturated heterocycles. The van der Waals surface area contributed by atoms with Gasteiger partial charge in [-0.3, -0.25) is 14.8 Å². The van der Waals surface area contributed by atoms with Crippen LogP contribution in [-0.4, -0.2) is 62.8 Å². The molecule has 8 nitrogen and oxygen atoms in total. The number of nitrogens with zero attached hydrogens (tertiary/aromatic N) is 3. The number of hydrazine groups is 1. The molecule has 0 aromatic carbocycles. The average Bonchev–Trinajstić information content (AvgIpc) is 2.61. The van der Waals surface area contributed by atoms with Gasteiger partial charge in [-0.25, -0.2) is 20.7 Å². The van der Waals surface area contributed by atoms with Gasteiger partial charge in [0.25, 0.3) is 5.91 Å². The number of hydroxylamine groups is 2. The molecule has 112 valence electrons. The highest BCUT2D eigenvalue weighted by Crippen LogP contribution is 2.29. The summed E-state index contributed by atoms with van der Waals surface area (Å²) in [7, 11) is 0. The second kappa shape index (κ2) is 4.59. The van der Waals surface area contributed by atoms with E-state index in [0.717, 1.165) is 4.90 Å². The summed E-state index contributed by atoms with van der Waals surface area (Å²) in [6, 6.07) is -2.68. The van der Waals surface area contributed by atoms with Gasteiger partial charge in [0, 0.05) is 6.54 Å². The standard InChI is InChI=1S/C9H11F3N4O4/c10-9(11,12)7(18)15(13)6(17)5-2-1-4-3-14(5)8(19)16(4)20/h4-5,20H,1-3,13H2/t4-,5-/m1/s1. The summed E-state index contributed by atoms with van der Waals surface area (Å²) in [5, 5.41) is 9.28. The van der Waals surface area contributed by atoms with Crippen LogP contribution in [0.3, 0.4) is 0 Å². The number of nitrogens with two attached hydrogens (primary N) is 1. The van der Waals surface area contributed by atoms with Gasteiger partial charge >= 0.3 is 18.1 Å². The number of fused-ring (bicyclic) bond motifs is 2. The van der Waals surface area contributed by atoms with Crippen molar-refractivity contribution in [1.82, 2.24) is 15.0 Å². The monoisotopic (exact) mass is 296 g/mol. The van der Waals surface area contributed by atoms with E-state index in [1.165, 1.54) is 0 Å². The Hall–Kier alpha value is -1.88. The Labute approximate surface area is 110 Å². The lowest BCUT2D eigenvalue weighted by Crippen LogP contribution is -2.57. The zero-order chi connectivity index (χ0) is 15.2. The Balaban J connectivity index is 2.14. The van der Waals surface area contributed by atoms with E-state index in [4.69, 9.17) is 5.84 Å². The first-order valence-electron chi connectivity index (χ1n) is 5.63. The molecule has 0 spiro atoms. The predicted molar refractivity (Wildman–Crippen MR) is 54.6 cm³/mol. The molecule has 2 fully saturated rings. The van der Waals surface area contributed by atoms with E-state index in [9.17, 15) is 32.8 Å². The molecule has 11 heteroatoms. The summed E-state index contributed by atoms with van der Waals surface area (Å²) < 4.78 is 36.6. The number of rotatable bonds is 1. The summed E-state index contributed by atoms with van der Waals surface area (Å²) in [4.78, 5) is 35.2. The molecule has 2 heterocycles. The van der Waals surface area contributed by atoms with Gasteiger partial charge in [0.15, 0.2) is 0 Å². The number of alkyl halides is 3. The maximum absolute atomic E-state index is 12.2. The molecule has 3 N–H and O–H groups in total. The van der Waals surface area contributed by atoms with Crippen LogP contribution >= 0.6 is 0 Å². The number of urea groups is 1. The number of halogens is 3. The highest BCUT2D eigenvalue weighted by molar-refractivity contribution is 6.00. The van der Waals surface area contributed by atoms with Crippen molar-refractivity contribution in [2.75, 3.05) is 6.54 Å². The number of carbonyl (C=O) groups is 3. The van der Waals surface area contributed by atoms with Crippen molar-refractivity contribution in [1.29, 1.82) is 0 Å². The Morgan fingerprint density at radius 1 is 1.35 bits per heavy atom. The molecule has 2 aliphatic heterocycles. The molecule has 0 unspecified atom stereocenters. The molecular weight excluding hydrogens is 285 g/mol. The van der Waals surface area contributed by atoms with Crippen LogP contribution in [0.15, 0.2) is 0 Å². The number of hydrogen-bond donors (Lipinski definition) is 2. The summed E-state index contributed by atoms with van der Waals surface area (Å²) in [6.45, 7) is -0.000210. The summed E-state index contributed by atoms with van der Waals surface area (Å²) in [5.41, 5.74) is 0. The van der Waals surface area contributed by atoms with Crippen LogP contribution in [0.5, 0.6) is 0 Å². The third kappa shape index (κ3) is 2.18. The van der Waals surface area contributed by atoms with Gasteiger partial charge in [0.2, 0.25) is 0 Å². The maximum Gasteiger partial charge on any atom is 0.473 e. The minimum Gasteiger partial charge on any atom is -0.309 e. The highest BCUT2D eigenvalue weighted by atomic mass is 19.4. The van der Waals surface area contributed by atoms with Crippen molar-refractivity contribution < 1.29 is 32.8 Å². The fourth-order valence-corrected chi connectivity index (χ4v) is 2.30. The average molecular weight is 296 g/mol. The van der Waals surface area contributed by atoms with Crippen molar-refractivity contribution in [2.24, 2.45) is 5.84 Å². The lowest BCUT2D eigenvalue weighted by molar-refractivity contribution is -0.189. The van der Waals surface area contributed by atoms with Crippen LogP contribution in [0.25, 0.3) is 0 Å². The molecule has 20 heavy (non-hydrogen) atoms. The van der Waals surface area contributed by atoms with Crippen molar-refractivity contribution in [3.05, 3.63) is 0 Å². The molecule has 0 saturated carbocycles. The zero-order valence-electron chi connectivity index (χ0n) is 10.0. The minimum absolute atomic E-state index is 0.000210. The van der Waals surface area contributed by atoms with E-state index >= 15 is 0 Å². The first-order chi connectivity index (χ1) is 9.14. The second-order valence-corrected chi connectivity index (χ2v) is 4.54. The maximum atomic E-state index is 12.2. The third-order valence-electron chi connectivity index (χ3n) is 3.33. The van der Waals surface area contributed by atoms with Gasteiger partial charge in [-0.1, -0.05) is 0 Å². The van der Waals surface area contributed by atoms with Gasteiger partial charge in [-0.05, 0) is 12.8 Å². The highest BCUT2D eigenvalue weighted by Gasteiger charge is 2.51. The van der Waals surface area contributed by atoms with E-state index in [1.807, 2.05) is 0 Å². The molecule has 0 radical (unpaired) electrons.